The highest BCUT2D eigenvalue weighted by Gasteiger charge is 2.35. The Morgan fingerprint density at radius 2 is 2.04 bits per heavy atom. The van der Waals surface area contributed by atoms with Gasteiger partial charge in [-0.05, 0) is 43.0 Å². The highest BCUT2D eigenvalue weighted by Crippen LogP contribution is 2.30. The van der Waals surface area contributed by atoms with Crippen LogP contribution in [0.25, 0.3) is 0 Å². The van der Waals surface area contributed by atoms with Crippen molar-refractivity contribution in [2.75, 3.05) is 13.1 Å². The van der Waals surface area contributed by atoms with Crippen molar-refractivity contribution in [3.8, 4) is 0 Å². The maximum atomic E-state index is 12.7. The van der Waals surface area contributed by atoms with E-state index in [-0.39, 0.29) is 11.9 Å². The molecule has 1 saturated carbocycles. The van der Waals surface area contributed by atoms with E-state index in [4.69, 9.17) is 0 Å². The van der Waals surface area contributed by atoms with Crippen molar-refractivity contribution in [2.24, 2.45) is 0 Å². The van der Waals surface area contributed by atoms with Crippen molar-refractivity contribution in [1.82, 2.24) is 25.0 Å². The van der Waals surface area contributed by atoms with Crippen LogP contribution in [-0.4, -0.2) is 44.7 Å². The van der Waals surface area contributed by atoms with Crippen LogP contribution in [0.1, 0.15) is 36.6 Å². The van der Waals surface area contributed by atoms with Gasteiger partial charge in [0, 0.05) is 44.3 Å². The maximum absolute atomic E-state index is 12.7. The number of rotatable bonds is 5. The second-order valence-electron chi connectivity index (χ2n) is 6.69. The second kappa shape index (κ2) is 6.73. The largest absolute Gasteiger partial charge is 0.354 e. The molecule has 6 nitrogen and oxygen atoms in total. The van der Waals surface area contributed by atoms with Crippen molar-refractivity contribution >= 4 is 5.91 Å². The van der Waals surface area contributed by atoms with Crippen LogP contribution in [0.5, 0.6) is 0 Å². The number of pyridine rings is 1. The van der Waals surface area contributed by atoms with Gasteiger partial charge in [-0.25, -0.2) is 0 Å². The Hall–Kier alpha value is -2.21. The molecule has 2 aromatic rings. The van der Waals surface area contributed by atoms with E-state index < -0.39 is 0 Å². The Morgan fingerprint density at radius 1 is 1.21 bits per heavy atom. The topological polar surface area (TPSA) is 63.1 Å². The number of nitrogens with one attached hydrogen (secondary N) is 1. The molecule has 4 rings (SSSR count). The Morgan fingerprint density at radius 3 is 2.79 bits per heavy atom. The molecule has 0 saturated heterocycles. The van der Waals surface area contributed by atoms with E-state index in [0.29, 0.717) is 12.6 Å². The van der Waals surface area contributed by atoms with E-state index >= 15 is 0 Å². The van der Waals surface area contributed by atoms with Crippen LogP contribution in [-0.2, 0) is 17.8 Å². The summed E-state index contributed by atoms with van der Waals surface area (Å²) >= 11 is 0. The minimum atomic E-state index is -0.221. The minimum absolute atomic E-state index is 0.0676. The first-order valence-corrected chi connectivity index (χ1v) is 8.74. The molecule has 1 amide bonds. The fraction of sp³-hybridized carbons (Fsp3) is 0.500. The number of aromatic nitrogens is 3. The molecule has 0 radical (unpaired) electrons. The zero-order chi connectivity index (χ0) is 16.4. The lowest BCUT2D eigenvalue weighted by Gasteiger charge is -2.42. The standard InChI is InChI=1S/C18H23N5O/c24-18(20-10-6-14-4-8-19-9-5-14)17-13-22(15-2-1-3-15)12-16-7-11-21-23(16)17/h4-5,7-9,11,15,17H,1-3,6,10,12-13H2,(H,20,24)/t17-/m0/s1. The van der Waals surface area contributed by atoms with Crippen molar-refractivity contribution in [3.05, 3.63) is 48.0 Å². The quantitative estimate of drug-likeness (QED) is 0.906. The first kappa shape index (κ1) is 15.3. The van der Waals surface area contributed by atoms with Crippen molar-refractivity contribution in [1.29, 1.82) is 0 Å². The van der Waals surface area contributed by atoms with E-state index in [1.165, 1.54) is 24.8 Å². The molecule has 0 aromatic carbocycles. The van der Waals surface area contributed by atoms with Crippen LogP contribution < -0.4 is 5.32 Å². The van der Waals surface area contributed by atoms with Crippen LogP contribution >= 0.6 is 0 Å². The van der Waals surface area contributed by atoms with Gasteiger partial charge in [-0.3, -0.25) is 19.4 Å². The van der Waals surface area contributed by atoms with Crippen molar-refractivity contribution in [2.45, 2.75) is 44.3 Å². The Balaban J connectivity index is 1.39. The third-order valence-electron chi connectivity index (χ3n) is 5.18. The molecule has 0 spiro atoms. The van der Waals surface area contributed by atoms with Gasteiger partial charge < -0.3 is 5.32 Å². The smallest absolute Gasteiger partial charge is 0.246 e. The average Bonchev–Trinajstić information content (AvgIpc) is 3.02. The summed E-state index contributed by atoms with van der Waals surface area (Å²) in [5, 5.41) is 7.46. The van der Waals surface area contributed by atoms with Gasteiger partial charge in [0.05, 0.1) is 5.69 Å². The zero-order valence-corrected chi connectivity index (χ0v) is 13.8. The molecule has 1 atom stereocenters. The lowest BCUT2D eigenvalue weighted by atomic mass is 9.90. The van der Waals surface area contributed by atoms with Gasteiger partial charge in [0.1, 0.15) is 6.04 Å². The molecular weight excluding hydrogens is 302 g/mol. The summed E-state index contributed by atoms with van der Waals surface area (Å²) in [6.07, 6.45) is 10.0. The summed E-state index contributed by atoms with van der Waals surface area (Å²) in [5.74, 6) is 0.0676. The molecule has 2 aromatic heterocycles. The van der Waals surface area contributed by atoms with Gasteiger partial charge in [0.25, 0.3) is 0 Å². The fourth-order valence-corrected chi connectivity index (χ4v) is 3.54. The van der Waals surface area contributed by atoms with Crippen LogP contribution in [0.3, 0.4) is 0 Å². The number of fused-ring (bicyclic) bond motifs is 1. The number of carbonyl (C=O) groups excluding carboxylic acids is 1. The van der Waals surface area contributed by atoms with Gasteiger partial charge in [-0.2, -0.15) is 5.10 Å². The highest BCUT2D eigenvalue weighted by molar-refractivity contribution is 5.80. The van der Waals surface area contributed by atoms with Gasteiger partial charge in [0.15, 0.2) is 0 Å². The lowest BCUT2D eigenvalue weighted by molar-refractivity contribution is -0.126. The van der Waals surface area contributed by atoms with Gasteiger partial charge in [-0.15, -0.1) is 0 Å². The lowest BCUT2D eigenvalue weighted by Crippen LogP contribution is -2.50. The molecular formula is C18H23N5O. The number of hydrogen-bond acceptors (Lipinski definition) is 4. The van der Waals surface area contributed by atoms with Crippen molar-refractivity contribution in [3.63, 3.8) is 0 Å². The molecule has 0 unspecified atom stereocenters. The molecule has 1 aliphatic carbocycles. The SMILES string of the molecule is O=C(NCCc1ccncc1)[C@@H]1CN(C2CCC2)Cc2ccnn21. The average molecular weight is 325 g/mol. The fourth-order valence-electron chi connectivity index (χ4n) is 3.54. The summed E-state index contributed by atoms with van der Waals surface area (Å²) in [4.78, 5) is 19.2. The Bertz CT molecular complexity index is 694. The van der Waals surface area contributed by atoms with Crippen LogP contribution in [0.2, 0.25) is 0 Å². The predicted molar refractivity (Wildman–Crippen MR) is 90.3 cm³/mol. The summed E-state index contributed by atoms with van der Waals surface area (Å²) in [5.41, 5.74) is 2.33. The van der Waals surface area contributed by atoms with Gasteiger partial charge in [-0.1, -0.05) is 6.42 Å². The monoisotopic (exact) mass is 325 g/mol. The highest BCUT2D eigenvalue weighted by atomic mass is 16.2. The van der Waals surface area contributed by atoms with Crippen LogP contribution in [0, 0.1) is 0 Å². The van der Waals surface area contributed by atoms with Gasteiger partial charge >= 0.3 is 0 Å². The van der Waals surface area contributed by atoms with Crippen molar-refractivity contribution < 1.29 is 4.79 Å². The summed E-state index contributed by atoms with van der Waals surface area (Å²) < 4.78 is 1.90. The molecule has 1 aliphatic heterocycles. The number of nitrogens with zero attached hydrogens (tertiary/aromatic N) is 4. The summed E-state index contributed by atoms with van der Waals surface area (Å²) in [6, 6.07) is 6.41. The Labute approximate surface area is 141 Å². The second-order valence-corrected chi connectivity index (χ2v) is 6.69. The molecule has 1 N–H and O–H groups in total. The summed E-state index contributed by atoms with van der Waals surface area (Å²) in [7, 11) is 0. The van der Waals surface area contributed by atoms with E-state index in [1.54, 1.807) is 18.6 Å². The normalized spacial score (nSPS) is 21.1. The summed E-state index contributed by atoms with van der Waals surface area (Å²) in [6.45, 7) is 2.31. The van der Waals surface area contributed by atoms with Crippen LogP contribution in [0.4, 0.5) is 0 Å². The van der Waals surface area contributed by atoms with Crippen LogP contribution in [0.15, 0.2) is 36.8 Å². The van der Waals surface area contributed by atoms with E-state index in [0.717, 1.165) is 25.2 Å². The number of hydrogen-bond donors (Lipinski definition) is 1. The molecule has 0 bridgehead atoms. The molecule has 126 valence electrons. The third kappa shape index (κ3) is 3.06. The number of carbonyl (C=O) groups is 1. The van der Waals surface area contributed by atoms with Gasteiger partial charge in [0.2, 0.25) is 5.91 Å². The molecule has 2 aliphatic rings. The first-order chi connectivity index (χ1) is 11.8. The third-order valence-corrected chi connectivity index (χ3v) is 5.18. The molecule has 1 fully saturated rings. The van der Waals surface area contributed by atoms with E-state index in [9.17, 15) is 4.79 Å². The van der Waals surface area contributed by atoms with E-state index in [1.807, 2.05) is 22.9 Å². The maximum Gasteiger partial charge on any atom is 0.246 e. The van der Waals surface area contributed by atoms with E-state index in [2.05, 4.69) is 20.3 Å². The molecule has 6 heteroatoms. The number of amides is 1. The molecule has 24 heavy (non-hydrogen) atoms. The predicted octanol–water partition coefficient (Wildman–Crippen LogP) is 1.55. The minimum Gasteiger partial charge on any atom is -0.354 e. The molecule has 3 heterocycles. The Kier molecular flexibility index (Phi) is 4.30. The first-order valence-electron chi connectivity index (χ1n) is 8.74. The zero-order valence-electron chi connectivity index (χ0n) is 13.8.